The van der Waals surface area contributed by atoms with Crippen LogP contribution in [0.1, 0.15) is 0 Å². The normalized spacial score (nSPS) is 11.7. The van der Waals surface area contributed by atoms with Gasteiger partial charge in [-0.05, 0) is 18.2 Å². The van der Waals surface area contributed by atoms with Gasteiger partial charge in [0.25, 0.3) is 0 Å². The third-order valence-corrected chi connectivity index (χ3v) is 2.91. The van der Waals surface area contributed by atoms with E-state index < -0.39 is 11.9 Å². The predicted octanol–water partition coefficient (Wildman–Crippen LogP) is 3.58. The van der Waals surface area contributed by atoms with Gasteiger partial charge in [-0.15, -0.1) is 11.8 Å². The number of halogens is 4. The molecule has 78 valence electrons. The van der Waals surface area contributed by atoms with Gasteiger partial charge in [0.1, 0.15) is 0 Å². The first kappa shape index (κ1) is 11.5. The highest BCUT2D eigenvalue weighted by atomic mass is 35.5. The standard InChI is InChI=1S/C8H7ClF3NS/c9-6-3-5(13)1-2-7(6)14-4-8(10,11)12/h1-3H,4,13H2. The molecule has 0 spiro atoms. The second kappa shape index (κ2) is 4.31. The molecule has 1 aromatic rings. The topological polar surface area (TPSA) is 26.0 Å². The summed E-state index contributed by atoms with van der Waals surface area (Å²) in [5.41, 5.74) is 5.83. The Hall–Kier alpha value is -0.550. The van der Waals surface area contributed by atoms with Crippen molar-refractivity contribution < 1.29 is 13.2 Å². The van der Waals surface area contributed by atoms with Crippen LogP contribution in [0.25, 0.3) is 0 Å². The van der Waals surface area contributed by atoms with Gasteiger partial charge in [0.2, 0.25) is 0 Å². The fourth-order valence-electron chi connectivity index (χ4n) is 0.794. The van der Waals surface area contributed by atoms with Crippen molar-refractivity contribution in [3.8, 4) is 0 Å². The largest absolute Gasteiger partial charge is 0.399 e. The van der Waals surface area contributed by atoms with Crippen LogP contribution >= 0.6 is 23.4 Å². The fourth-order valence-corrected chi connectivity index (χ4v) is 1.83. The number of nitrogens with two attached hydrogens (primary N) is 1. The Morgan fingerprint density at radius 3 is 2.50 bits per heavy atom. The fraction of sp³-hybridized carbons (Fsp3) is 0.250. The van der Waals surface area contributed by atoms with Crippen molar-refractivity contribution in [2.75, 3.05) is 11.5 Å². The lowest BCUT2D eigenvalue weighted by molar-refractivity contribution is -0.105. The van der Waals surface area contributed by atoms with E-state index in [-0.39, 0.29) is 5.02 Å². The Morgan fingerprint density at radius 1 is 1.36 bits per heavy atom. The lowest BCUT2D eigenvalue weighted by Gasteiger charge is -2.07. The second-order valence-electron chi connectivity index (χ2n) is 2.59. The van der Waals surface area contributed by atoms with Gasteiger partial charge in [0, 0.05) is 10.6 Å². The minimum absolute atomic E-state index is 0.249. The number of benzene rings is 1. The maximum atomic E-state index is 11.9. The molecule has 14 heavy (non-hydrogen) atoms. The molecule has 1 rings (SSSR count). The highest BCUT2D eigenvalue weighted by Gasteiger charge is 2.27. The number of nitrogen functional groups attached to an aromatic ring is 1. The first-order valence-electron chi connectivity index (χ1n) is 3.63. The van der Waals surface area contributed by atoms with Crippen LogP contribution < -0.4 is 5.73 Å². The summed E-state index contributed by atoms with van der Waals surface area (Å²) in [5, 5.41) is 0.249. The van der Waals surface area contributed by atoms with Crippen LogP contribution in [-0.4, -0.2) is 11.9 Å². The highest BCUT2D eigenvalue weighted by Crippen LogP contribution is 2.32. The number of hydrogen-bond donors (Lipinski definition) is 1. The monoisotopic (exact) mass is 241 g/mol. The van der Waals surface area contributed by atoms with E-state index in [4.69, 9.17) is 17.3 Å². The van der Waals surface area contributed by atoms with Crippen LogP contribution in [0.3, 0.4) is 0 Å². The van der Waals surface area contributed by atoms with Crippen molar-refractivity contribution in [1.29, 1.82) is 0 Å². The minimum Gasteiger partial charge on any atom is -0.399 e. The van der Waals surface area contributed by atoms with Crippen LogP contribution in [0, 0.1) is 0 Å². The molecule has 0 radical (unpaired) electrons. The van der Waals surface area contributed by atoms with Crippen LogP contribution in [0.15, 0.2) is 23.1 Å². The SMILES string of the molecule is Nc1ccc(SCC(F)(F)F)c(Cl)c1. The molecule has 0 amide bonds. The van der Waals surface area contributed by atoms with Crippen molar-refractivity contribution in [3.63, 3.8) is 0 Å². The summed E-state index contributed by atoms with van der Waals surface area (Å²) in [6.45, 7) is 0. The number of anilines is 1. The van der Waals surface area contributed by atoms with E-state index in [2.05, 4.69) is 0 Å². The Labute approximate surface area is 88.4 Å². The first-order valence-corrected chi connectivity index (χ1v) is 4.99. The lowest BCUT2D eigenvalue weighted by atomic mass is 10.3. The molecule has 1 aromatic carbocycles. The average Bonchev–Trinajstić information content (AvgIpc) is 2.00. The summed E-state index contributed by atoms with van der Waals surface area (Å²) >= 11 is 6.34. The number of hydrogen-bond acceptors (Lipinski definition) is 2. The van der Waals surface area contributed by atoms with Crippen LogP contribution in [-0.2, 0) is 0 Å². The lowest BCUT2D eigenvalue weighted by Crippen LogP contribution is -2.10. The Balaban J connectivity index is 2.68. The molecule has 0 bridgehead atoms. The summed E-state index contributed by atoms with van der Waals surface area (Å²) in [5.74, 6) is -0.948. The molecule has 6 heteroatoms. The zero-order valence-electron chi connectivity index (χ0n) is 6.94. The van der Waals surface area contributed by atoms with Gasteiger partial charge in [-0.25, -0.2) is 0 Å². The third-order valence-electron chi connectivity index (χ3n) is 1.35. The summed E-state index contributed by atoms with van der Waals surface area (Å²) in [4.78, 5) is 0.387. The molecular formula is C8H7ClF3NS. The summed E-state index contributed by atoms with van der Waals surface area (Å²) in [6, 6.07) is 4.43. The molecule has 0 saturated heterocycles. The van der Waals surface area contributed by atoms with Crippen molar-refractivity contribution in [1.82, 2.24) is 0 Å². The Bertz CT molecular complexity index is 327. The number of alkyl halides is 3. The molecule has 0 fully saturated rings. The minimum atomic E-state index is -4.19. The molecule has 0 aliphatic heterocycles. The Morgan fingerprint density at radius 2 is 2.00 bits per heavy atom. The van der Waals surface area contributed by atoms with Crippen molar-refractivity contribution in [3.05, 3.63) is 23.2 Å². The maximum Gasteiger partial charge on any atom is 0.398 e. The van der Waals surface area contributed by atoms with E-state index in [1.807, 2.05) is 0 Å². The molecule has 2 N–H and O–H groups in total. The molecule has 0 saturated carbocycles. The van der Waals surface area contributed by atoms with E-state index in [0.29, 0.717) is 22.3 Å². The summed E-state index contributed by atoms with van der Waals surface area (Å²) < 4.78 is 35.6. The zero-order valence-corrected chi connectivity index (χ0v) is 8.51. The number of rotatable bonds is 2. The van der Waals surface area contributed by atoms with Crippen molar-refractivity contribution in [2.24, 2.45) is 0 Å². The van der Waals surface area contributed by atoms with E-state index in [1.54, 1.807) is 0 Å². The molecule has 0 unspecified atom stereocenters. The maximum absolute atomic E-state index is 11.9. The van der Waals surface area contributed by atoms with Crippen molar-refractivity contribution >= 4 is 29.1 Å². The van der Waals surface area contributed by atoms with Gasteiger partial charge in [-0.2, -0.15) is 13.2 Å². The van der Waals surface area contributed by atoms with Gasteiger partial charge < -0.3 is 5.73 Å². The molecule has 1 nitrogen and oxygen atoms in total. The van der Waals surface area contributed by atoms with Crippen molar-refractivity contribution in [2.45, 2.75) is 11.1 Å². The van der Waals surface area contributed by atoms with Gasteiger partial charge in [0.15, 0.2) is 0 Å². The molecule has 0 atom stereocenters. The number of thioether (sulfide) groups is 1. The zero-order chi connectivity index (χ0) is 10.8. The molecule has 0 heterocycles. The molecule has 0 aliphatic carbocycles. The highest BCUT2D eigenvalue weighted by molar-refractivity contribution is 7.99. The molecular weight excluding hydrogens is 235 g/mol. The van der Waals surface area contributed by atoms with Crippen LogP contribution in [0.5, 0.6) is 0 Å². The van der Waals surface area contributed by atoms with E-state index in [1.165, 1.54) is 18.2 Å². The van der Waals surface area contributed by atoms with Gasteiger partial charge in [0.05, 0.1) is 10.8 Å². The summed E-state index contributed by atoms with van der Waals surface area (Å²) in [6.07, 6.45) is -4.19. The van der Waals surface area contributed by atoms with Gasteiger partial charge in [-0.1, -0.05) is 11.6 Å². The van der Waals surface area contributed by atoms with Crippen LogP contribution in [0.2, 0.25) is 5.02 Å². The predicted molar refractivity (Wildman–Crippen MR) is 52.6 cm³/mol. The quantitative estimate of drug-likeness (QED) is 0.633. The average molecular weight is 242 g/mol. The third kappa shape index (κ3) is 3.67. The molecule has 0 aromatic heterocycles. The molecule has 0 aliphatic rings. The first-order chi connectivity index (χ1) is 6.38. The van der Waals surface area contributed by atoms with E-state index in [0.717, 1.165) is 0 Å². The summed E-state index contributed by atoms with van der Waals surface area (Å²) in [7, 11) is 0. The van der Waals surface area contributed by atoms with Crippen LogP contribution in [0.4, 0.5) is 18.9 Å². The van der Waals surface area contributed by atoms with E-state index in [9.17, 15) is 13.2 Å². The van der Waals surface area contributed by atoms with Gasteiger partial charge >= 0.3 is 6.18 Å². The smallest absolute Gasteiger partial charge is 0.398 e. The second-order valence-corrected chi connectivity index (χ2v) is 4.02. The van der Waals surface area contributed by atoms with E-state index >= 15 is 0 Å². The van der Waals surface area contributed by atoms with Gasteiger partial charge in [-0.3, -0.25) is 0 Å². The Kier molecular flexibility index (Phi) is 3.55.